The summed E-state index contributed by atoms with van der Waals surface area (Å²) in [6.45, 7) is 1.52. The third-order valence-electron chi connectivity index (χ3n) is 2.93. The minimum Gasteiger partial charge on any atom is -0.478 e. The maximum Gasteiger partial charge on any atom is 0.337 e. The van der Waals surface area contributed by atoms with E-state index in [4.69, 9.17) is 5.73 Å². The number of carbonyl (C=O) groups excluding carboxylic acids is 1. The maximum absolute atomic E-state index is 11.3. The van der Waals surface area contributed by atoms with Gasteiger partial charge in [-0.25, -0.2) is 4.79 Å². The summed E-state index contributed by atoms with van der Waals surface area (Å²) in [6, 6.07) is 4.81. The molecule has 2 rings (SSSR count). The van der Waals surface area contributed by atoms with Crippen molar-refractivity contribution in [2.75, 3.05) is 30.3 Å². The molecular formula is C12H15N3O3. The predicted molar refractivity (Wildman–Crippen MR) is 67.7 cm³/mol. The summed E-state index contributed by atoms with van der Waals surface area (Å²) in [6.07, 6.45) is 0.341. The van der Waals surface area contributed by atoms with E-state index in [9.17, 15) is 14.7 Å². The van der Waals surface area contributed by atoms with Crippen molar-refractivity contribution in [1.29, 1.82) is 0 Å². The molecular weight excluding hydrogens is 234 g/mol. The summed E-state index contributed by atoms with van der Waals surface area (Å²) in [4.78, 5) is 24.3. The van der Waals surface area contributed by atoms with Crippen LogP contribution in [0.5, 0.6) is 0 Å². The van der Waals surface area contributed by atoms with Crippen LogP contribution in [0.25, 0.3) is 0 Å². The molecule has 1 aromatic rings. The number of nitrogens with zero attached hydrogens (tertiary/aromatic N) is 1. The molecule has 0 saturated carbocycles. The SMILES string of the molecule is Nc1cccc(C(=O)O)c1N1CCNC(=O)CC1. The molecule has 0 aromatic heterocycles. The Morgan fingerprint density at radius 2 is 2.17 bits per heavy atom. The van der Waals surface area contributed by atoms with Crippen molar-refractivity contribution in [3.8, 4) is 0 Å². The number of carboxylic acids is 1. The van der Waals surface area contributed by atoms with Crippen molar-refractivity contribution in [2.24, 2.45) is 0 Å². The molecule has 0 unspecified atom stereocenters. The van der Waals surface area contributed by atoms with Gasteiger partial charge < -0.3 is 21.1 Å². The molecule has 6 heteroatoms. The minimum atomic E-state index is -1.01. The lowest BCUT2D eigenvalue weighted by atomic mass is 10.1. The van der Waals surface area contributed by atoms with Crippen LogP contribution in [0.15, 0.2) is 18.2 Å². The van der Waals surface area contributed by atoms with Gasteiger partial charge in [-0.15, -0.1) is 0 Å². The van der Waals surface area contributed by atoms with Crippen LogP contribution in [-0.2, 0) is 4.79 Å². The number of carbonyl (C=O) groups is 2. The fourth-order valence-electron chi connectivity index (χ4n) is 2.08. The first-order valence-electron chi connectivity index (χ1n) is 5.73. The molecule has 1 aliphatic heterocycles. The molecule has 0 atom stereocenters. The molecule has 0 aliphatic carbocycles. The number of carboxylic acid groups (broad SMARTS) is 1. The van der Waals surface area contributed by atoms with Gasteiger partial charge in [0.05, 0.1) is 16.9 Å². The van der Waals surface area contributed by atoms with Gasteiger partial charge in [0.15, 0.2) is 0 Å². The zero-order valence-corrected chi connectivity index (χ0v) is 9.85. The Hall–Kier alpha value is -2.24. The van der Waals surface area contributed by atoms with Crippen molar-refractivity contribution in [1.82, 2.24) is 5.32 Å². The van der Waals surface area contributed by atoms with Crippen LogP contribution < -0.4 is 16.0 Å². The third-order valence-corrected chi connectivity index (χ3v) is 2.93. The molecule has 6 nitrogen and oxygen atoms in total. The van der Waals surface area contributed by atoms with Crippen molar-refractivity contribution >= 4 is 23.3 Å². The summed E-state index contributed by atoms with van der Waals surface area (Å²) >= 11 is 0. The summed E-state index contributed by atoms with van der Waals surface area (Å²) in [5.74, 6) is -1.04. The van der Waals surface area contributed by atoms with Crippen LogP contribution in [0, 0.1) is 0 Å². The average Bonchev–Trinajstić information content (AvgIpc) is 2.53. The molecule has 0 radical (unpaired) electrons. The highest BCUT2D eigenvalue weighted by Gasteiger charge is 2.21. The van der Waals surface area contributed by atoms with E-state index in [1.807, 2.05) is 4.90 Å². The van der Waals surface area contributed by atoms with E-state index in [0.717, 1.165) is 0 Å². The van der Waals surface area contributed by atoms with E-state index >= 15 is 0 Å². The molecule has 0 spiro atoms. The average molecular weight is 249 g/mol. The number of amides is 1. The smallest absolute Gasteiger partial charge is 0.337 e. The highest BCUT2D eigenvalue weighted by molar-refractivity contribution is 5.98. The number of nitrogens with one attached hydrogen (secondary N) is 1. The Balaban J connectivity index is 2.37. The Bertz CT molecular complexity index is 487. The Morgan fingerprint density at radius 1 is 1.39 bits per heavy atom. The Morgan fingerprint density at radius 3 is 2.89 bits per heavy atom. The monoisotopic (exact) mass is 249 g/mol. The van der Waals surface area contributed by atoms with Crippen LogP contribution in [0.2, 0.25) is 0 Å². The number of benzene rings is 1. The second-order valence-electron chi connectivity index (χ2n) is 4.14. The number of nitrogens with two attached hydrogens (primary N) is 1. The highest BCUT2D eigenvalue weighted by Crippen LogP contribution is 2.28. The largest absolute Gasteiger partial charge is 0.478 e. The molecule has 1 heterocycles. The van der Waals surface area contributed by atoms with Crippen LogP contribution in [0.1, 0.15) is 16.8 Å². The standard InChI is InChI=1S/C12H15N3O3/c13-9-3-1-2-8(12(17)18)11(9)15-6-4-10(16)14-5-7-15/h1-3H,4-7,13H2,(H,14,16)(H,17,18). The first-order chi connectivity index (χ1) is 8.59. The molecule has 1 saturated heterocycles. The maximum atomic E-state index is 11.3. The molecule has 18 heavy (non-hydrogen) atoms. The fraction of sp³-hybridized carbons (Fsp3) is 0.333. The van der Waals surface area contributed by atoms with E-state index in [2.05, 4.69) is 5.32 Å². The summed E-state index contributed by atoms with van der Waals surface area (Å²) in [5.41, 5.74) is 6.96. The summed E-state index contributed by atoms with van der Waals surface area (Å²) in [5, 5.41) is 11.9. The van der Waals surface area contributed by atoms with Gasteiger partial charge >= 0.3 is 5.97 Å². The van der Waals surface area contributed by atoms with Gasteiger partial charge in [0.25, 0.3) is 0 Å². The lowest BCUT2D eigenvalue weighted by Gasteiger charge is -2.25. The molecule has 0 bridgehead atoms. The first kappa shape index (κ1) is 12.2. The van der Waals surface area contributed by atoms with E-state index < -0.39 is 5.97 Å². The zero-order valence-electron chi connectivity index (χ0n) is 9.85. The second-order valence-corrected chi connectivity index (χ2v) is 4.14. The van der Waals surface area contributed by atoms with Crippen molar-refractivity contribution in [3.05, 3.63) is 23.8 Å². The van der Waals surface area contributed by atoms with Crippen molar-refractivity contribution < 1.29 is 14.7 Å². The Kier molecular flexibility index (Phi) is 3.36. The lowest BCUT2D eigenvalue weighted by molar-refractivity contribution is -0.120. The lowest BCUT2D eigenvalue weighted by Crippen LogP contribution is -2.30. The molecule has 1 fully saturated rings. The number of para-hydroxylation sites is 1. The van der Waals surface area contributed by atoms with Crippen LogP contribution in [-0.4, -0.2) is 36.6 Å². The summed E-state index contributed by atoms with van der Waals surface area (Å²) < 4.78 is 0. The van der Waals surface area contributed by atoms with E-state index in [0.29, 0.717) is 37.4 Å². The van der Waals surface area contributed by atoms with Gasteiger partial charge in [-0.1, -0.05) is 6.07 Å². The molecule has 1 aliphatic rings. The molecule has 1 amide bonds. The molecule has 1 aromatic carbocycles. The highest BCUT2D eigenvalue weighted by atomic mass is 16.4. The third kappa shape index (κ3) is 2.37. The van der Waals surface area contributed by atoms with E-state index in [-0.39, 0.29) is 11.5 Å². The topological polar surface area (TPSA) is 95.7 Å². The number of nitrogen functional groups attached to an aromatic ring is 1. The quantitative estimate of drug-likeness (QED) is 0.655. The zero-order chi connectivity index (χ0) is 13.1. The minimum absolute atomic E-state index is 0.0242. The Labute approximate surface area is 104 Å². The van der Waals surface area contributed by atoms with Crippen LogP contribution in [0.3, 0.4) is 0 Å². The van der Waals surface area contributed by atoms with Gasteiger partial charge in [0, 0.05) is 26.1 Å². The molecule has 96 valence electrons. The van der Waals surface area contributed by atoms with Gasteiger partial charge in [-0.2, -0.15) is 0 Å². The number of anilines is 2. The van der Waals surface area contributed by atoms with Crippen molar-refractivity contribution in [3.63, 3.8) is 0 Å². The number of rotatable bonds is 2. The number of hydrogen-bond donors (Lipinski definition) is 3. The second kappa shape index (κ2) is 4.95. The van der Waals surface area contributed by atoms with Crippen LogP contribution in [0.4, 0.5) is 11.4 Å². The summed E-state index contributed by atoms with van der Waals surface area (Å²) in [7, 11) is 0. The van der Waals surface area contributed by atoms with Gasteiger partial charge in [-0.3, -0.25) is 4.79 Å². The van der Waals surface area contributed by atoms with Gasteiger partial charge in [-0.05, 0) is 12.1 Å². The first-order valence-corrected chi connectivity index (χ1v) is 5.73. The number of hydrogen-bond acceptors (Lipinski definition) is 4. The molecule has 4 N–H and O–H groups in total. The predicted octanol–water partition coefficient (Wildman–Crippen LogP) is 0.293. The normalized spacial score (nSPS) is 16.0. The van der Waals surface area contributed by atoms with Gasteiger partial charge in [0.1, 0.15) is 0 Å². The number of aromatic carboxylic acids is 1. The van der Waals surface area contributed by atoms with E-state index in [1.165, 1.54) is 6.07 Å². The fourth-order valence-corrected chi connectivity index (χ4v) is 2.08. The van der Waals surface area contributed by atoms with E-state index in [1.54, 1.807) is 12.1 Å². The van der Waals surface area contributed by atoms with Crippen molar-refractivity contribution in [2.45, 2.75) is 6.42 Å². The van der Waals surface area contributed by atoms with Crippen LogP contribution >= 0.6 is 0 Å². The van der Waals surface area contributed by atoms with Gasteiger partial charge in [0.2, 0.25) is 5.91 Å².